The van der Waals surface area contributed by atoms with Crippen LogP contribution in [0.5, 0.6) is 5.75 Å². The summed E-state index contributed by atoms with van der Waals surface area (Å²) in [4.78, 5) is 0. The fourth-order valence-corrected chi connectivity index (χ4v) is 1.08. The van der Waals surface area contributed by atoms with Crippen LogP contribution in [0, 0.1) is 11.3 Å². The van der Waals surface area contributed by atoms with Crippen molar-refractivity contribution in [3.8, 4) is 11.8 Å². The Bertz CT molecular complexity index is 395. The fourth-order valence-electron chi connectivity index (χ4n) is 1.08. The zero-order valence-corrected chi connectivity index (χ0v) is 9.16. The molecule has 0 radical (unpaired) electrons. The van der Waals surface area contributed by atoms with Crippen molar-refractivity contribution in [3.63, 3.8) is 0 Å². The van der Waals surface area contributed by atoms with E-state index >= 15 is 0 Å². The number of allylic oxidation sites excluding steroid dienone is 2. The number of methoxy groups -OCH3 is 1. The number of anilines is 1. The lowest BCUT2D eigenvalue weighted by molar-refractivity contribution is 0.415. The highest BCUT2D eigenvalue weighted by atomic mass is 16.5. The van der Waals surface area contributed by atoms with Gasteiger partial charge in [0.15, 0.2) is 0 Å². The Balaban J connectivity index is 2.82. The van der Waals surface area contributed by atoms with Gasteiger partial charge < -0.3 is 10.1 Å². The second-order valence-corrected chi connectivity index (χ2v) is 3.34. The van der Waals surface area contributed by atoms with Gasteiger partial charge in [-0.15, -0.1) is 0 Å². The first kappa shape index (κ1) is 11.1. The third kappa shape index (κ3) is 3.03. The van der Waals surface area contributed by atoms with E-state index < -0.39 is 0 Å². The van der Waals surface area contributed by atoms with Crippen molar-refractivity contribution in [2.45, 2.75) is 13.8 Å². The Morgan fingerprint density at radius 2 is 1.87 bits per heavy atom. The maximum atomic E-state index is 8.86. The van der Waals surface area contributed by atoms with Crippen LogP contribution in [-0.4, -0.2) is 7.11 Å². The van der Waals surface area contributed by atoms with E-state index in [-0.39, 0.29) is 0 Å². The molecule has 1 aromatic carbocycles. The van der Waals surface area contributed by atoms with E-state index in [1.54, 1.807) is 7.11 Å². The number of benzene rings is 1. The van der Waals surface area contributed by atoms with Crippen molar-refractivity contribution in [1.29, 1.82) is 5.26 Å². The number of hydrogen-bond acceptors (Lipinski definition) is 3. The number of nitrogens with zero attached hydrogens (tertiary/aromatic N) is 1. The van der Waals surface area contributed by atoms with Gasteiger partial charge in [0.2, 0.25) is 0 Å². The van der Waals surface area contributed by atoms with Gasteiger partial charge in [0.05, 0.1) is 7.11 Å². The molecule has 0 aliphatic carbocycles. The standard InChI is InChI=1S/C12H14N2O/c1-9(2)12(8-13)14-10-4-6-11(15-3)7-5-10/h4-7,14H,1-3H3. The summed E-state index contributed by atoms with van der Waals surface area (Å²) in [6.07, 6.45) is 0. The lowest BCUT2D eigenvalue weighted by atomic mass is 10.2. The first-order valence-corrected chi connectivity index (χ1v) is 4.66. The maximum Gasteiger partial charge on any atom is 0.119 e. The molecular formula is C12H14N2O. The summed E-state index contributed by atoms with van der Waals surface area (Å²) in [5, 5.41) is 11.9. The summed E-state index contributed by atoms with van der Waals surface area (Å²) in [5.74, 6) is 0.802. The average Bonchev–Trinajstić information content (AvgIpc) is 2.26. The van der Waals surface area contributed by atoms with Crippen molar-refractivity contribution >= 4 is 5.69 Å². The molecule has 0 saturated carbocycles. The Morgan fingerprint density at radius 1 is 1.27 bits per heavy atom. The molecule has 0 aliphatic rings. The topological polar surface area (TPSA) is 45.0 Å². The van der Waals surface area contributed by atoms with E-state index in [1.165, 1.54) is 0 Å². The van der Waals surface area contributed by atoms with Crippen LogP contribution in [0.3, 0.4) is 0 Å². The third-order valence-corrected chi connectivity index (χ3v) is 1.97. The van der Waals surface area contributed by atoms with Crippen LogP contribution in [0.1, 0.15) is 13.8 Å². The van der Waals surface area contributed by atoms with E-state index in [4.69, 9.17) is 10.00 Å². The van der Waals surface area contributed by atoms with Gasteiger partial charge in [0.1, 0.15) is 17.5 Å². The minimum absolute atomic E-state index is 0.583. The first-order valence-electron chi connectivity index (χ1n) is 4.66. The molecular weight excluding hydrogens is 188 g/mol. The molecule has 0 atom stereocenters. The van der Waals surface area contributed by atoms with Crippen LogP contribution in [0.15, 0.2) is 35.5 Å². The minimum Gasteiger partial charge on any atom is -0.497 e. The van der Waals surface area contributed by atoms with E-state index in [0.29, 0.717) is 5.70 Å². The van der Waals surface area contributed by atoms with Gasteiger partial charge in [-0.05, 0) is 43.7 Å². The Hall–Kier alpha value is -1.95. The van der Waals surface area contributed by atoms with Crippen molar-refractivity contribution in [2.24, 2.45) is 0 Å². The summed E-state index contributed by atoms with van der Waals surface area (Å²) in [6, 6.07) is 9.56. The van der Waals surface area contributed by atoms with Crippen LogP contribution in [0.2, 0.25) is 0 Å². The molecule has 0 fully saturated rings. The summed E-state index contributed by atoms with van der Waals surface area (Å²) in [5.41, 5.74) is 2.43. The molecule has 1 rings (SSSR count). The highest BCUT2D eigenvalue weighted by molar-refractivity contribution is 5.54. The average molecular weight is 202 g/mol. The second-order valence-electron chi connectivity index (χ2n) is 3.34. The monoisotopic (exact) mass is 202 g/mol. The molecule has 0 heterocycles. The maximum absolute atomic E-state index is 8.86. The normalized spacial score (nSPS) is 8.93. The molecule has 15 heavy (non-hydrogen) atoms. The predicted octanol–water partition coefficient (Wildman–Crippen LogP) is 2.92. The molecule has 0 aromatic heterocycles. The highest BCUT2D eigenvalue weighted by Gasteiger charge is 1.99. The zero-order valence-electron chi connectivity index (χ0n) is 9.16. The third-order valence-electron chi connectivity index (χ3n) is 1.97. The molecule has 0 amide bonds. The highest BCUT2D eigenvalue weighted by Crippen LogP contribution is 2.17. The van der Waals surface area contributed by atoms with Crippen LogP contribution in [0.4, 0.5) is 5.69 Å². The number of nitriles is 1. The Morgan fingerprint density at radius 3 is 2.27 bits per heavy atom. The van der Waals surface area contributed by atoms with E-state index in [0.717, 1.165) is 17.0 Å². The molecule has 0 spiro atoms. The molecule has 0 unspecified atom stereocenters. The number of nitrogens with one attached hydrogen (secondary N) is 1. The predicted molar refractivity (Wildman–Crippen MR) is 60.6 cm³/mol. The molecule has 1 aromatic rings. The van der Waals surface area contributed by atoms with Gasteiger partial charge >= 0.3 is 0 Å². The van der Waals surface area contributed by atoms with Crippen molar-refractivity contribution in [3.05, 3.63) is 35.5 Å². The fraction of sp³-hybridized carbons (Fsp3) is 0.250. The number of rotatable bonds is 3. The van der Waals surface area contributed by atoms with Crippen LogP contribution in [0.25, 0.3) is 0 Å². The lowest BCUT2D eigenvalue weighted by Crippen LogP contribution is -1.98. The number of ether oxygens (including phenoxy) is 1. The molecule has 3 nitrogen and oxygen atoms in total. The van der Waals surface area contributed by atoms with Gasteiger partial charge in [-0.25, -0.2) is 0 Å². The zero-order chi connectivity index (χ0) is 11.3. The largest absolute Gasteiger partial charge is 0.497 e. The molecule has 0 bridgehead atoms. The number of hydrogen-bond donors (Lipinski definition) is 1. The van der Waals surface area contributed by atoms with Gasteiger partial charge in [-0.2, -0.15) is 5.26 Å². The second kappa shape index (κ2) is 5.06. The Kier molecular flexibility index (Phi) is 3.75. The van der Waals surface area contributed by atoms with Gasteiger partial charge in [-0.3, -0.25) is 0 Å². The van der Waals surface area contributed by atoms with Crippen LogP contribution >= 0.6 is 0 Å². The molecule has 1 N–H and O–H groups in total. The minimum atomic E-state index is 0.583. The van der Waals surface area contributed by atoms with E-state index in [2.05, 4.69) is 11.4 Å². The lowest BCUT2D eigenvalue weighted by Gasteiger charge is -2.06. The van der Waals surface area contributed by atoms with Crippen LogP contribution in [-0.2, 0) is 0 Å². The SMILES string of the molecule is COc1ccc(NC(C#N)=C(C)C)cc1. The van der Waals surface area contributed by atoms with Crippen molar-refractivity contribution < 1.29 is 4.74 Å². The van der Waals surface area contributed by atoms with Crippen molar-refractivity contribution in [2.75, 3.05) is 12.4 Å². The smallest absolute Gasteiger partial charge is 0.119 e. The summed E-state index contributed by atoms with van der Waals surface area (Å²) >= 11 is 0. The summed E-state index contributed by atoms with van der Waals surface area (Å²) in [7, 11) is 1.62. The van der Waals surface area contributed by atoms with Gasteiger partial charge in [0, 0.05) is 5.69 Å². The first-order chi connectivity index (χ1) is 7.17. The molecule has 3 heteroatoms. The Labute approximate surface area is 90.0 Å². The quantitative estimate of drug-likeness (QED) is 0.766. The van der Waals surface area contributed by atoms with Crippen molar-refractivity contribution in [1.82, 2.24) is 0 Å². The van der Waals surface area contributed by atoms with Crippen LogP contribution < -0.4 is 10.1 Å². The van der Waals surface area contributed by atoms with Gasteiger partial charge in [0.25, 0.3) is 0 Å². The van der Waals surface area contributed by atoms with E-state index in [9.17, 15) is 0 Å². The van der Waals surface area contributed by atoms with Gasteiger partial charge in [-0.1, -0.05) is 0 Å². The van der Waals surface area contributed by atoms with E-state index in [1.807, 2.05) is 38.1 Å². The summed E-state index contributed by atoms with van der Waals surface area (Å²) in [6.45, 7) is 3.80. The molecule has 78 valence electrons. The summed E-state index contributed by atoms with van der Waals surface area (Å²) < 4.78 is 5.04. The molecule has 0 aliphatic heterocycles. The molecule has 0 saturated heterocycles.